The van der Waals surface area contributed by atoms with Gasteiger partial charge in [-0.25, -0.2) is 4.39 Å². The molecule has 1 aromatic carbocycles. The minimum absolute atomic E-state index is 0.0962. The van der Waals surface area contributed by atoms with E-state index in [1.807, 2.05) is 0 Å². The number of likely N-dealkylation sites (N-methyl/N-ethyl adjacent to an activating group) is 1. The smallest absolute Gasteiger partial charge is 0.244 e. The van der Waals surface area contributed by atoms with Gasteiger partial charge in [-0.15, -0.1) is 0 Å². The van der Waals surface area contributed by atoms with Crippen molar-refractivity contribution in [1.82, 2.24) is 10.2 Å². The lowest BCUT2D eigenvalue weighted by atomic mass is 10.2. The van der Waals surface area contributed by atoms with Crippen LogP contribution in [0.15, 0.2) is 24.3 Å². The molecule has 25 heavy (non-hydrogen) atoms. The number of hydrogen-bond donors (Lipinski definition) is 1. The second kappa shape index (κ2) is 7.93. The summed E-state index contributed by atoms with van der Waals surface area (Å²) >= 11 is 0. The van der Waals surface area contributed by atoms with E-state index in [1.54, 1.807) is 30.1 Å². The second-order valence-corrected chi connectivity index (χ2v) is 6.60. The molecule has 2 aliphatic heterocycles. The SMILES string of the molecule is CN(CC(=O)NCC1CCCO1)C1CCN(c2ccccc2F)C1=O. The van der Waals surface area contributed by atoms with E-state index >= 15 is 0 Å². The number of para-hydroxylation sites is 1. The Morgan fingerprint density at radius 1 is 1.40 bits per heavy atom. The van der Waals surface area contributed by atoms with Crippen LogP contribution in [0, 0.1) is 5.82 Å². The molecule has 0 aliphatic carbocycles. The topological polar surface area (TPSA) is 61.9 Å². The van der Waals surface area contributed by atoms with E-state index in [2.05, 4.69) is 5.32 Å². The average molecular weight is 349 g/mol. The number of nitrogens with zero attached hydrogens (tertiary/aromatic N) is 2. The monoisotopic (exact) mass is 349 g/mol. The fourth-order valence-corrected chi connectivity index (χ4v) is 3.41. The molecule has 3 rings (SSSR count). The van der Waals surface area contributed by atoms with E-state index in [4.69, 9.17) is 4.74 Å². The number of nitrogens with one attached hydrogen (secondary N) is 1. The zero-order valence-electron chi connectivity index (χ0n) is 14.4. The second-order valence-electron chi connectivity index (χ2n) is 6.60. The summed E-state index contributed by atoms with van der Waals surface area (Å²) in [5.41, 5.74) is 0.297. The number of benzene rings is 1. The van der Waals surface area contributed by atoms with Gasteiger partial charge in [-0.1, -0.05) is 12.1 Å². The summed E-state index contributed by atoms with van der Waals surface area (Å²) in [4.78, 5) is 27.9. The summed E-state index contributed by atoms with van der Waals surface area (Å²) in [7, 11) is 1.75. The van der Waals surface area contributed by atoms with Crippen molar-refractivity contribution < 1.29 is 18.7 Å². The van der Waals surface area contributed by atoms with Crippen LogP contribution in [-0.2, 0) is 14.3 Å². The molecule has 2 saturated heterocycles. The molecular formula is C18H24FN3O3. The molecule has 0 radical (unpaired) electrons. The number of halogens is 1. The lowest BCUT2D eigenvalue weighted by Gasteiger charge is -2.23. The highest BCUT2D eigenvalue weighted by atomic mass is 19.1. The van der Waals surface area contributed by atoms with Crippen molar-refractivity contribution >= 4 is 17.5 Å². The van der Waals surface area contributed by atoms with Gasteiger partial charge in [0.15, 0.2) is 0 Å². The quantitative estimate of drug-likeness (QED) is 0.837. The van der Waals surface area contributed by atoms with Gasteiger partial charge in [0.2, 0.25) is 11.8 Å². The van der Waals surface area contributed by atoms with Crippen LogP contribution in [0.1, 0.15) is 19.3 Å². The van der Waals surface area contributed by atoms with E-state index in [1.165, 1.54) is 11.0 Å². The highest BCUT2D eigenvalue weighted by molar-refractivity contribution is 5.99. The van der Waals surface area contributed by atoms with Gasteiger partial charge >= 0.3 is 0 Å². The molecule has 6 nitrogen and oxygen atoms in total. The predicted molar refractivity (Wildman–Crippen MR) is 91.8 cm³/mol. The number of carbonyl (C=O) groups is 2. The van der Waals surface area contributed by atoms with Crippen LogP contribution in [0.4, 0.5) is 10.1 Å². The molecule has 2 amide bonds. The summed E-state index contributed by atoms with van der Waals surface area (Å²) < 4.78 is 19.4. The van der Waals surface area contributed by atoms with Crippen molar-refractivity contribution in [1.29, 1.82) is 0 Å². The van der Waals surface area contributed by atoms with Crippen LogP contribution >= 0.6 is 0 Å². The maximum atomic E-state index is 13.9. The standard InChI is InChI=1S/C18H24FN3O3/c1-21(12-17(23)20-11-13-5-4-10-25-13)16-8-9-22(18(16)24)15-7-3-2-6-14(15)19/h2-3,6-7,13,16H,4-5,8-12H2,1H3,(H,20,23). The molecule has 0 aromatic heterocycles. The molecule has 2 unspecified atom stereocenters. The predicted octanol–water partition coefficient (Wildman–Crippen LogP) is 1.16. The van der Waals surface area contributed by atoms with Crippen molar-refractivity contribution in [3.8, 4) is 0 Å². The Kier molecular flexibility index (Phi) is 5.65. The van der Waals surface area contributed by atoms with Gasteiger partial charge in [-0.2, -0.15) is 0 Å². The van der Waals surface area contributed by atoms with Crippen molar-refractivity contribution in [2.45, 2.75) is 31.4 Å². The van der Waals surface area contributed by atoms with Crippen LogP contribution in [-0.4, -0.2) is 62.1 Å². The van der Waals surface area contributed by atoms with E-state index in [-0.39, 0.29) is 24.5 Å². The van der Waals surface area contributed by atoms with Gasteiger partial charge in [0.05, 0.1) is 24.4 Å². The Bertz CT molecular complexity index is 634. The molecule has 2 heterocycles. The minimum Gasteiger partial charge on any atom is -0.376 e. The molecule has 1 aromatic rings. The normalized spacial score (nSPS) is 23.5. The molecule has 7 heteroatoms. The highest BCUT2D eigenvalue weighted by Gasteiger charge is 2.36. The van der Waals surface area contributed by atoms with Gasteiger partial charge in [-0.05, 0) is 38.4 Å². The number of hydrogen-bond acceptors (Lipinski definition) is 4. The molecule has 136 valence electrons. The van der Waals surface area contributed by atoms with Crippen molar-refractivity contribution in [3.63, 3.8) is 0 Å². The van der Waals surface area contributed by atoms with Gasteiger partial charge in [0.1, 0.15) is 5.82 Å². The third-order valence-electron chi connectivity index (χ3n) is 4.80. The largest absolute Gasteiger partial charge is 0.376 e. The lowest BCUT2D eigenvalue weighted by molar-refractivity contribution is -0.125. The molecule has 0 saturated carbocycles. The number of rotatable bonds is 6. The zero-order chi connectivity index (χ0) is 17.8. The average Bonchev–Trinajstić information content (AvgIpc) is 3.23. The Hall–Kier alpha value is -1.99. The lowest BCUT2D eigenvalue weighted by Crippen LogP contribution is -2.45. The van der Waals surface area contributed by atoms with Gasteiger partial charge in [0, 0.05) is 19.7 Å². The summed E-state index contributed by atoms with van der Waals surface area (Å²) in [5.74, 6) is -0.705. The summed E-state index contributed by atoms with van der Waals surface area (Å²) in [6.07, 6.45) is 2.67. The first-order valence-corrected chi connectivity index (χ1v) is 8.70. The molecule has 2 atom stereocenters. The Labute approximate surface area is 146 Å². The Morgan fingerprint density at radius 3 is 2.92 bits per heavy atom. The molecule has 2 aliphatic rings. The summed E-state index contributed by atoms with van der Waals surface area (Å²) in [5, 5.41) is 2.86. The third kappa shape index (κ3) is 4.16. The third-order valence-corrected chi connectivity index (χ3v) is 4.80. The molecule has 1 N–H and O–H groups in total. The minimum atomic E-state index is -0.409. The summed E-state index contributed by atoms with van der Waals surface area (Å²) in [6, 6.07) is 5.85. The van der Waals surface area contributed by atoms with Crippen LogP contribution in [0.25, 0.3) is 0 Å². The van der Waals surface area contributed by atoms with Crippen LogP contribution in [0.3, 0.4) is 0 Å². The fraction of sp³-hybridized carbons (Fsp3) is 0.556. The number of carbonyl (C=O) groups excluding carboxylic acids is 2. The number of ether oxygens (including phenoxy) is 1. The molecule has 0 bridgehead atoms. The number of anilines is 1. The maximum Gasteiger partial charge on any atom is 0.244 e. The van der Waals surface area contributed by atoms with E-state index in [0.717, 1.165) is 19.4 Å². The number of amides is 2. The maximum absolute atomic E-state index is 13.9. The van der Waals surface area contributed by atoms with Crippen molar-refractivity contribution in [2.24, 2.45) is 0 Å². The highest BCUT2D eigenvalue weighted by Crippen LogP contribution is 2.26. The fourth-order valence-electron chi connectivity index (χ4n) is 3.41. The van der Waals surface area contributed by atoms with E-state index in [0.29, 0.717) is 25.2 Å². The van der Waals surface area contributed by atoms with Crippen LogP contribution in [0.5, 0.6) is 0 Å². The molecular weight excluding hydrogens is 325 g/mol. The Balaban J connectivity index is 1.52. The van der Waals surface area contributed by atoms with Gasteiger partial charge in [0.25, 0.3) is 0 Å². The zero-order valence-corrected chi connectivity index (χ0v) is 14.4. The van der Waals surface area contributed by atoms with Crippen molar-refractivity contribution in [2.75, 3.05) is 38.2 Å². The van der Waals surface area contributed by atoms with Crippen molar-refractivity contribution in [3.05, 3.63) is 30.1 Å². The Morgan fingerprint density at radius 2 is 2.20 bits per heavy atom. The first kappa shape index (κ1) is 17.8. The van der Waals surface area contributed by atoms with Gasteiger partial charge < -0.3 is 15.0 Å². The molecule has 2 fully saturated rings. The van der Waals surface area contributed by atoms with E-state index in [9.17, 15) is 14.0 Å². The molecule has 0 spiro atoms. The first-order chi connectivity index (χ1) is 12.1. The van der Waals surface area contributed by atoms with Gasteiger partial charge in [-0.3, -0.25) is 14.5 Å². The van der Waals surface area contributed by atoms with Crippen LogP contribution < -0.4 is 10.2 Å². The first-order valence-electron chi connectivity index (χ1n) is 8.70. The van der Waals surface area contributed by atoms with E-state index < -0.39 is 11.9 Å². The summed E-state index contributed by atoms with van der Waals surface area (Å²) in [6.45, 7) is 1.84. The van der Waals surface area contributed by atoms with Crippen LogP contribution in [0.2, 0.25) is 0 Å².